The highest BCUT2D eigenvalue weighted by molar-refractivity contribution is 5.95. The molecule has 0 fully saturated rings. The Bertz CT molecular complexity index is 800. The molecule has 0 aromatic heterocycles. The summed E-state index contributed by atoms with van der Waals surface area (Å²) >= 11 is 0. The second-order valence-electron chi connectivity index (χ2n) is 7.92. The van der Waals surface area contributed by atoms with Gasteiger partial charge in [0.1, 0.15) is 17.9 Å². The van der Waals surface area contributed by atoms with E-state index in [2.05, 4.69) is 55.8 Å². The molecule has 0 aliphatic carbocycles. The number of hydrogen-bond acceptors (Lipinski definition) is 2. The molecule has 0 spiro atoms. The van der Waals surface area contributed by atoms with Crippen LogP contribution in [0.15, 0.2) is 24.3 Å². The number of ether oxygens (including phenoxy) is 1. The summed E-state index contributed by atoms with van der Waals surface area (Å²) in [6.45, 7) is 11.1. The van der Waals surface area contributed by atoms with Crippen LogP contribution >= 0.6 is 0 Å². The molecule has 26 heavy (non-hydrogen) atoms. The van der Waals surface area contributed by atoms with Crippen molar-refractivity contribution in [2.45, 2.75) is 47.6 Å². The maximum atomic E-state index is 12.8. The van der Waals surface area contributed by atoms with Gasteiger partial charge in [-0.15, -0.1) is 0 Å². The van der Waals surface area contributed by atoms with Gasteiger partial charge in [0.25, 0.3) is 0 Å². The summed E-state index contributed by atoms with van der Waals surface area (Å²) in [7, 11) is 6.16. The summed E-state index contributed by atoms with van der Waals surface area (Å²) in [6, 6.07) is 7.67. The second kappa shape index (κ2) is 7.63. The molecule has 0 unspecified atom stereocenters. The summed E-state index contributed by atoms with van der Waals surface area (Å²) in [5.41, 5.74) is 9.23. The zero-order valence-corrected chi connectivity index (χ0v) is 17.5. The number of rotatable bonds is 5. The van der Waals surface area contributed by atoms with Crippen LogP contribution in [0, 0.1) is 27.7 Å². The Balaban J connectivity index is 2.33. The molecule has 0 atom stereocenters. The van der Waals surface area contributed by atoms with Crippen molar-refractivity contribution in [3.05, 3.63) is 63.2 Å². The highest BCUT2D eigenvalue weighted by atomic mass is 16.5. The molecule has 2 aromatic rings. The number of quaternary nitrogens is 1. The largest absolute Gasteiger partial charge is 0.457 e. The number of esters is 1. The number of para-hydroxylation sites is 1. The van der Waals surface area contributed by atoms with Gasteiger partial charge in [-0.3, -0.25) is 4.48 Å². The summed E-state index contributed by atoms with van der Waals surface area (Å²) in [5.74, 6) is -0.262. The minimum atomic E-state index is -0.262. The normalized spacial score (nSPS) is 11.5. The molecule has 2 rings (SSSR count). The van der Waals surface area contributed by atoms with E-state index in [4.69, 9.17) is 4.74 Å². The van der Waals surface area contributed by atoms with Crippen molar-refractivity contribution in [1.82, 2.24) is 4.48 Å². The summed E-state index contributed by atoms with van der Waals surface area (Å²) in [5, 5.41) is 0. The SMILES string of the molecule is CCc1c(C)c(C)c(COC(=O)c2ccccc2[N+](C)(C)C)c(C)c1C. The molecule has 2 aromatic carbocycles. The van der Waals surface area contributed by atoms with Crippen LogP contribution in [0.2, 0.25) is 0 Å². The van der Waals surface area contributed by atoms with E-state index in [1.54, 1.807) is 0 Å². The van der Waals surface area contributed by atoms with Gasteiger partial charge in [0, 0.05) is 6.07 Å². The molecule has 140 valence electrons. The molecule has 0 bridgehead atoms. The molecule has 0 radical (unpaired) electrons. The first kappa shape index (κ1) is 20.2. The van der Waals surface area contributed by atoms with Gasteiger partial charge < -0.3 is 4.74 Å². The van der Waals surface area contributed by atoms with Crippen LogP contribution in [-0.4, -0.2) is 27.1 Å². The fraction of sp³-hybridized carbons (Fsp3) is 0.435. The van der Waals surface area contributed by atoms with Crippen molar-refractivity contribution in [1.29, 1.82) is 0 Å². The Kier molecular flexibility index (Phi) is 5.92. The Morgan fingerprint density at radius 1 is 0.885 bits per heavy atom. The Hall–Kier alpha value is -2.13. The van der Waals surface area contributed by atoms with Gasteiger partial charge in [-0.25, -0.2) is 4.79 Å². The van der Waals surface area contributed by atoms with Crippen LogP contribution in [-0.2, 0) is 17.8 Å². The van der Waals surface area contributed by atoms with Gasteiger partial charge in [0.15, 0.2) is 0 Å². The molecular weight excluding hydrogens is 322 g/mol. The first-order valence-corrected chi connectivity index (χ1v) is 9.25. The molecule has 0 heterocycles. The van der Waals surface area contributed by atoms with Crippen LogP contribution in [0.1, 0.15) is 50.7 Å². The van der Waals surface area contributed by atoms with E-state index in [0.717, 1.165) is 17.7 Å². The van der Waals surface area contributed by atoms with E-state index < -0.39 is 0 Å². The van der Waals surface area contributed by atoms with Crippen molar-refractivity contribution in [3.63, 3.8) is 0 Å². The van der Waals surface area contributed by atoms with E-state index >= 15 is 0 Å². The standard InChI is InChI=1S/C23H32NO2/c1-9-19-15(2)17(4)21(18(5)16(19)3)14-26-23(25)20-12-10-11-13-22(20)24(6,7)8/h10-13H,9,14H2,1-8H3/q+1. The molecule has 3 nitrogen and oxygen atoms in total. The highest BCUT2D eigenvalue weighted by Crippen LogP contribution is 2.29. The van der Waals surface area contributed by atoms with Crippen LogP contribution in [0.4, 0.5) is 5.69 Å². The minimum absolute atomic E-state index is 0.262. The highest BCUT2D eigenvalue weighted by Gasteiger charge is 2.23. The van der Waals surface area contributed by atoms with E-state index in [0.29, 0.717) is 16.7 Å². The summed E-state index contributed by atoms with van der Waals surface area (Å²) in [6.07, 6.45) is 1.02. The summed E-state index contributed by atoms with van der Waals surface area (Å²) < 4.78 is 6.32. The molecule has 0 aliphatic heterocycles. The lowest BCUT2D eigenvalue weighted by atomic mass is 9.88. The number of carbonyl (C=O) groups is 1. The fourth-order valence-corrected chi connectivity index (χ4v) is 3.66. The summed E-state index contributed by atoms with van der Waals surface area (Å²) in [4.78, 5) is 12.8. The monoisotopic (exact) mass is 354 g/mol. The van der Waals surface area contributed by atoms with Crippen molar-refractivity contribution < 1.29 is 9.53 Å². The lowest BCUT2D eigenvalue weighted by molar-refractivity contribution is 0.0470. The zero-order chi connectivity index (χ0) is 19.6. The average Bonchev–Trinajstić information content (AvgIpc) is 2.59. The lowest BCUT2D eigenvalue weighted by Gasteiger charge is -2.25. The van der Waals surface area contributed by atoms with Crippen LogP contribution in [0.3, 0.4) is 0 Å². The van der Waals surface area contributed by atoms with Gasteiger partial charge in [-0.05, 0) is 73.6 Å². The van der Waals surface area contributed by atoms with Crippen molar-refractivity contribution in [3.8, 4) is 0 Å². The van der Waals surface area contributed by atoms with Gasteiger partial charge in [0.2, 0.25) is 0 Å². The number of hydrogen-bond donors (Lipinski definition) is 0. The maximum Gasteiger partial charge on any atom is 0.344 e. The predicted octanol–water partition coefficient (Wildman–Crippen LogP) is 5.04. The Labute approximate surface area is 158 Å². The molecule has 0 aliphatic rings. The topological polar surface area (TPSA) is 26.3 Å². The van der Waals surface area contributed by atoms with Gasteiger partial charge >= 0.3 is 5.97 Å². The van der Waals surface area contributed by atoms with Crippen molar-refractivity contribution >= 4 is 11.7 Å². The van der Waals surface area contributed by atoms with Gasteiger partial charge in [0.05, 0.1) is 21.1 Å². The fourth-order valence-electron chi connectivity index (χ4n) is 3.66. The molecule has 3 heteroatoms. The third-order valence-electron chi connectivity index (χ3n) is 5.48. The van der Waals surface area contributed by atoms with Gasteiger partial charge in [-0.1, -0.05) is 19.1 Å². The minimum Gasteiger partial charge on any atom is -0.457 e. The zero-order valence-electron chi connectivity index (χ0n) is 17.5. The van der Waals surface area contributed by atoms with Crippen LogP contribution in [0.25, 0.3) is 0 Å². The van der Waals surface area contributed by atoms with Crippen LogP contribution in [0.5, 0.6) is 0 Å². The quantitative estimate of drug-likeness (QED) is 0.556. The average molecular weight is 355 g/mol. The smallest absolute Gasteiger partial charge is 0.344 e. The lowest BCUT2D eigenvalue weighted by Crippen LogP contribution is -2.36. The van der Waals surface area contributed by atoms with E-state index in [-0.39, 0.29) is 5.97 Å². The van der Waals surface area contributed by atoms with Crippen molar-refractivity contribution in [2.24, 2.45) is 0 Å². The number of carbonyl (C=O) groups excluding carboxylic acids is 1. The Morgan fingerprint density at radius 2 is 1.38 bits per heavy atom. The number of nitrogens with zero attached hydrogens (tertiary/aromatic N) is 1. The van der Waals surface area contributed by atoms with Crippen LogP contribution < -0.4 is 4.48 Å². The van der Waals surface area contributed by atoms with E-state index in [9.17, 15) is 4.79 Å². The Morgan fingerprint density at radius 3 is 1.88 bits per heavy atom. The number of benzene rings is 2. The third-order valence-corrected chi connectivity index (χ3v) is 5.48. The molecule has 0 N–H and O–H groups in total. The first-order valence-electron chi connectivity index (χ1n) is 9.25. The predicted molar refractivity (Wildman–Crippen MR) is 110 cm³/mol. The third kappa shape index (κ3) is 3.83. The molecular formula is C23H32NO2+. The molecule has 0 saturated carbocycles. The van der Waals surface area contributed by atoms with E-state index in [1.165, 1.54) is 27.8 Å². The molecule has 0 amide bonds. The van der Waals surface area contributed by atoms with E-state index in [1.807, 2.05) is 24.3 Å². The van der Waals surface area contributed by atoms with Gasteiger partial charge in [-0.2, -0.15) is 0 Å². The molecule has 0 saturated heterocycles. The second-order valence-corrected chi connectivity index (χ2v) is 7.92. The maximum absolute atomic E-state index is 12.8. The first-order chi connectivity index (χ1) is 12.1. The van der Waals surface area contributed by atoms with Crippen molar-refractivity contribution in [2.75, 3.05) is 21.1 Å².